The number of carbonyl (C=O) groups is 2. The summed E-state index contributed by atoms with van der Waals surface area (Å²) in [7, 11) is -4.26. The second-order valence-electron chi connectivity index (χ2n) is 10.1. The highest BCUT2D eigenvalue weighted by atomic mass is 35.5. The van der Waals surface area contributed by atoms with Gasteiger partial charge < -0.3 is 15.0 Å². The number of benzene rings is 4. The van der Waals surface area contributed by atoms with Gasteiger partial charge in [-0.25, -0.2) is 8.42 Å². The summed E-state index contributed by atoms with van der Waals surface area (Å²) in [5.74, 6) is -0.672. The van der Waals surface area contributed by atoms with Crippen molar-refractivity contribution in [2.45, 2.75) is 37.8 Å². The van der Waals surface area contributed by atoms with E-state index in [0.717, 1.165) is 9.87 Å². The van der Waals surface area contributed by atoms with Crippen molar-refractivity contribution in [2.24, 2.45) is 0 Å². The Morgan fingerprint density at radius 3 is 2.11 bits per heavy atom. The first-order valence-corrected chi connectivity index (χ1v) is 16.7. The molecule has 11 heteroatoms. The fourth-order valence-electron chi connectivity index (χ4n) is 4.85. The van der Waals surface area contributed by atoms with Gasteiger partial charge in [-0.15, -0.1) is 0 Å². The number of sulfonamides is 1. The van der Waals surface area contributed by atoms with E-state index >= 15 is 0 Å². The Hall–Kier alpha value is -4.05. The van der Waals surface area contributed by atoms with Crippen molar-refractivity contribution in [3.05, 3.63) is 124 Å². The van der Waals surface area contributed by atoms with Crippen molar-refractivity contribution in [3.8, 4) is 5.75 Å². The molecule has 2 amide bonds. The summed E-state index contributed by atoms with van der Waals surface area (Å²) in [5.41, 5.74) is 1.65. The molecule has 0 bridgehead atoms. The smallest absolute Gasteiger partial charge is 0.264 e. The molecule has 4 rings (SSSR count). The summed E-state index contributed by atoms with van der Waals surface area (Å²) >= 11 is 12.5. The third-order valence-electron chi connectivity index (χ3n) is 7.00. The van der Waals surface area contributed by atoms with Crippen LogP contribution in [-0.2, 0) is 32.6 Å². The van der Waals surface area contributed by atoms with Crippen molar-refractivity contribution >= 4 is 50.7 Å². The van der Waals surface area contributed by atoms with Gasteiger partial charge in [0.15, 0.2) is 0 Å². The molecule has 4 aromatic rings. The van der Waals surface area contributed by atoms with Gasteiger partial charge in [-0.3, -0.25) is 13.9 Å². The SMILES string of the molecule is CCNC(=O)C(Cc1ccccc1)N(Cc1ccc(Cl)c(Cl)c1)C(=O)CN(c1ccccc1OCC)S(=O)(=O)c1ccccc1. The van der Waals surface area contributed by atoms with Gasteiger partial charge >= 0.3 is 0 Å². The van der Waals surface area contributed by atoms with E-state index in [4.69, 9.17) is 27.9 Å². The van der Waals surface area contributed by atoms with E-state index in [-0.39, 0.29) is 41.1 Å². The van der Waals surface area contributed by atoms with Gasteiger partial charge in [0.1, 0.15) is 18.3 Å². The molecule has 0 heterocycles. The van der Waals surface area contributed by atoms with Crippen molar-refractivity contribution in [1.29, 1.82) is 0 Å². The zero-order valence-corrected chi connectivity index (χ0v) is 27.4. The lowest BCUT2D eigenvalue weighted by Crippen LogP contribution is -2.53. The predicted octanol–water partition coefficient (Wildman–Crippen LogP) is 6.36. The fourth-order valence-corrected chi connectivity index (χ4v) is 6.62. The summed E-state index contributed by atoms with van der Waals surface area (Å²) in [6.45, 7) is 3.57. The summed E-state index contributed by atoms with van der Waals surface area (Å²) in [4.78, 5) is 29.5. The molecule has 0 aliphatic carbocycles. The lowest BCUT2D eigenvalue weighted by atomic mass is 10.0. The van der Waals surface area contributed by atoms with Gasteiger partial charge in [0, 0.05) is 19.5 Å². The van der Waals surface area contributed by atoms with Crippen molar-refractivity contribution in [1.82, 2.24) is 10.2 Å². The quantitative estimate of drug-likeness (QED) is 0.169. The van der Waals surface area contributed by atoms with E-state index in [2.05, 4.69) is 5.32 Å². The number of para-hydroxylation sites is 2. The fraction of sp³-hybridized carbons (Fsp3) is 0.235. The van der Waals surface area contributed by atoms with E-state index in [1.165, 1.54) is 17.0 Å². The lowest BCUT2D eigenvalue weighted by Gasteiger charge is -2.34. The van der Waals surface area contributed by atoms with Crippen molar-refractivity contribution < 1.29 is 22.7 Å². The van der Waals surface area contributed by atoms with Crippen LogP contribution in [-0.4, -0.2) is 50.9 Å². The molecule has 0 saturated heterocycles. The zero-order chi connectivity index (χ0) is 32.4. The maximum absolute atomic E-state index is 14.5. The minimum atomic E-state index is -4.26. The van der Waals surface area contributed by atoms with Gasteiger partial charge in [0.2, 0.25) is 11.8 Å². The molecule has 0 aliphatic heterocycles. The molecule has 0 radical (unpaired) electrons. The van der Waals surface area contributed by atoms with Gasteiger partial charge in [0.05, 0.1) is 27.2 Å². The molecule has 0 fully saturated rings. The molecule has 45 heavy (non-hydrogen) atoms. The molecular weight excluding hydrogens is 633 g/mol. The number of likely N-dealkylation sites (N-methyl/N-ethyl adjacent to an activating group) is 1. The van der Waals surface area contributed by atoms with Crippen LogP contribution < -0.4 is 14.4 Å². The monoisotopic (exact) mass is 667 g/mol. The first-order chi connectivity index (χ1) is 21.6. The summed E-state index contributed by atoms with van der Waals surface area (Å²) in [5, 5.41) is 3.48. The van der Waals surface area contributed by atoms with Crippen LogP contribution in [0.2, 0.25) is 10.0 Å². The third kappa shape index (κ3) is 8.57. The number of carbonyl (C=O) groups excluding carboxylic acids is 2. The van der Waals surface area contributed by atoms with Crippen molar-refractivity contribution in [2.75, 3.05) is 24.0 Å². The van der Waals surface area contributed by atoms with Crippen LogP contribution >= 0.6 is 23.2 Å². The topological polar surface area (TPSA) is 96.0 Å². The number of rotatable bonds is 14. The minimum absolute atomic E-state index is 0.00435. The molecule has 1 unspecified atom stereocenters. The van der Waals surface area contributed by atoms with Crippen LogP contribution in [0.15, 0.2) is 108 Å². The molecule has 0 aliphatic rings. The molecule has 0 saturated carbocycles. The summed E-state index contributed by atoms with van der Waals surface area (Å²) < 4.78 is 35.2. The number of anilines is 1. The van der Waals surface area contributed by atoms with Crippen LogP contribution in [0.25, 0.3) is 0 Å². The molecule has 1 N–H and O–H groups in total. The summed E-state index contributed by atoms with van der Waals surface area (Å²) in [6.07, 6.45) is 0.195. The Morgan fingerprint density at radius 2 is 1.47 bits per heavy atom. The molecule has 4 aromatic carbocycles. The second kappa shape index (κ2) is 15.8. The molecule has 0 aromatic heterocycles. The van der Waals surface area contributed by atoms with Gasteiger partial charge in [0.25, 0.3) is 10.0 Å². The van der Waals surface area contributed by atoms with Crippen LogP contribution in [0, 0.1) is 0 Å². The van der Waals surface area contributed by atoms with Gasteiger partial charge in [-0.1, -0.05) is 89.9 Å². The number of nitrogens with zero attached hydrogens (tertiary/aromatic N) is 2. The average Bonchev–Trinajstić information content (AvgIpc) is 3.04. The summed E-state index contributed by atoms with van der Waals surface area (Å²) in [6, 6.07) is 27.8. The highest BCUT2D eigenvalue weighted by molar-refractivity contribution is 7.92. The number of ether oxygens (including phenoxy) is 1. The molecular formula is C34H35Cl2N3O5S. The normalized spacial score (nSPS) is 11.8. The predicted molar refractivity (Wildman–Crippen MR) is 178 cm³/mol. The van der Waals surface area contributed by atoms with Crippen LogP contribution in [0.5, 0.6) is 5.75 Å². The number of hydrogen-bond acceptors (Lipinski definition) is 5. The molecule has 1 atom stereocenters. The Balaban J connectivity index is 1.83. The molecule has 0 spiro atoms. The maximum Gasteiger partial charge on any atom is 0.264 e. The largest absolute Gasteiger partial charge is 0.492 e. The zero-order valence-electron chi connectivity index (χ0n) is 25.0. The van der Waals surface area contributed by atoms with Crippen LogP contribution in [0.3, 0.4) is 0 Å². The maximum atomic E-state index is 14.5. The van der Waals surface area contributed by atoms with E-state index < -0.39 is 28.5 Å². The molecule has 8 nitrogen and oxygen atoms in total. The third-order valence-corrected chi connectivity index (χ3v) is 9.52. The Labute approximate surface area is 274 Å². The van der Waals surface area contributed by atoms with E-state index in [9.17, 15) is 18.0 Å². The first-order valence-electron chi connectivity index (χ1n) is 14.5. The van der Waals surface area contributed by atoms with Gasteiger partial charge in [-0.2, -0.15) is 0 Å². The Bertz CT molecular complexity index is 1710. The Kier molecular flexibility index (Phi) is 11.9. The van der Waals surface area contributed by atoms with E-state index in [1.807, 2.05) is 30.3 Å². The number of hydrogen-bond donors (Lipinski definition) is 1. The van der Waals surface area contributed by atoms with Crippen LogP contribution in [0.4, 0.5) is 5.69 Å². The van der Waals surface area contributed by atoms with E-state index in [1.54, 1.807) is 74.5 Å². The lowest BCUT2D eigenvalue weighted by molar-refractivity contribution is -0.140. The number of nitrogens with one attached hydrogen (secondary N) is 1. The highest BCUT2D eigenvalue weighted by Crippen LogP contribution is 2.33. The van der Waals surface area contributed by atoms with Gasteiger partial charge in [-0.05, 0) is 61.4 Å². The highest BCUT2D eigenvalue weighted by Gasteiger charge is 2.35. The second-order valence-corrected chi connectivity index (χ2v) is 12.8. The number of amides is 2. The number of halogens is 2. The first kappa shape index (κ1) is 33.8. The van der Waals surface area contributed by atoms with Crippen LogP contribution in [0.1, 0.15) is 25.0 Å². The molecule has 236 valence electrons. The Morgan fingerprint density at radius 1 is 0.822 bits per heavy atom. The standard InChI is InChI=1S/C34H35Cl2N3O5S/c1-3-37-34(41)31(22-25-13-7-5-8-14-25)38(23-26-19-20-28(35)29(36)21-26)33(40)24-39(30-17-11-12-18-32(30)44-4-2)45(42,43)27-15-9-6-10-16-27/h5-21,31H,3-4,22-24H2,1-2H3,(H,37,41). The minimum Gasteiger partial charge on any atom is -0.492 e. The van der Waals surface area contributed by atoms with E-state index in [0.29, 0.717) is 22.9 Å². The van der Waals surface area contributed by atoms with Crippen molar-refractivity contribution in [3.63, 3.8) is 0 Å². The average molecular weight is 669 g/mol.